The van der Waals surface area contributed by atoms with E-state index in [1.807, 2.05) is 0 Å². The molecule has 1 atom stereocenters. The highest BCUT2D eigenvalue weighted by atomic mass is 35.5. The van der Waals surface area contributed by atoms with Crippen LogP contribution in [0.3, 0.4) is 0 Å². The summed E-state index contributed by atoms with van der Waals surface area (Å²) in [4.78, 5) is 13.2. The first-order chi connectivity index (χ1) is 9.13. The predicted molar refractivity (Wildman–Crippen MR) is 80.0 cm³/mol. The number of likely N-dealkylation sites (N-methyl/N-ethyl adjacent to an activating group) is 2. The van der Waals surface area contributed by atoms with Crippen LogP contribution in [-0.2, 0) is 6.42 Å². The van der Waals surface area contributed by atoms with Crippen LogP contribution in [0.1, 0.15) is 31.7 Å². The van der Waals surface area contributed by atoms with Crippen LogP contribution < -0.4 is 4.90 Å². The van der Waals surface area contributed by atoms with Crippen molar-refractivity contribution >= 4 is 17.4 Å². The van der Waals surface area contributed by atoms with Gasteiger partial charge in [0.05, 0.1) is 0 Å². The molecule has 1 aliphatic rings. The van der Waals surface area contributed by atoms with Gasteiger partial charge in [-0.15, -0.1) is 0 Å². The summed E-state index contributed by atoms with van der Waals surface area (Å²) in [5, 5.41) is 0.596. The van der Waals surface area contributed by atoms with E-state index < -0.39 is 0 Å². The average Bonchev–Trinajstić information content (AvgIpc) is 2.78. The summed E-state index contributed by atoms with van der Waals surface area (Å²) in [6, 6.07) is 0.619. The molecule has 1 aromatic rings. The maximum Gasteiger partial charge on any atom is 0.137 e. The summed E-state index contributed by atoms with van der Waals surface area (Å²) in [6.07, 6.45) is 6.10. The van der Waals surface area contributed by atoms with Crippen molar-refractivity contribution in [2.24, 2.45) is 0 Å². The number of nitrogens with zero attached hydrogens (tertiary/aromatic N) is 4. The number of rotatable bonds is 5. The van der Waals surface area contributed by atoms with Gasteiger partial charge in [-0.3, -0.25) is 0 Å². The molecule has 106 valence electrons. The summed E-state index contributed by atoms with van der Waals surface area (Å²) >= 11 is 6.21. The van der Waals surface area contributed by atoms with Crippen molar-refractivity contribution in [2.45, 2.75) is 38.6 Å². The molecule has 1 saturated heterocycles. The van der Waals surface area contributed by atoms with Crippen LogP contribution in [0.2, 0.25) is 5.15 Å². The van der Waals surface area contributed by atoms with Crippen molar-refractivity contribution < 1.29 is 0 Å². The van der Waals surface area contributed by atoms with E-state index in [9.17, 15) is 0 Å². The smallest absolute Gasteiger partial charge is 0.137 e. The lowest BCUT2D eigenvalue weighted by Gasteiger charge is -2.28. The Morgan fingerprint density at radius 2 is 2.26 bits per heavy atom. The van der Waals surface area contributed by atoms with Crippen LogP contribution in [-0.4, -0.2) is 48.1 Å². The molecule has 0 radical (unpaired) electrons. The second-order valence-corrected chi connectivity index (χ2v) is 5.73. The summed E-state index contributed by atoms with van der Waals surface area (Å²) in [7, 11) is 4.30. The number of halogens is 1. The number of anilines is 1. The largest absolute Gasteiger partial charge is 0.358 e. The minimum absolute atomic E-state index is 0.596. The summed E-state index contributed by atoms with van der Waals surface area (Å²) in [5.74, 6) is 0.988. The van der Waals surface area contributed by atoms with E-state index in [2.05, 4.69) is 40.8 Å². The van der Waals surface area contributed by atoms with Gasteiger partial charge in [-0.05, 0) is 32.9 Å². The van der Waals surface area contributed by atoms with Crippen molar-refractivity contribution in [2.75, 3.05) is 32.1 Å². The molecule has 0 aromatic carbocycles. The molecule has 0 aliphatic carbocycles. The van der Waals surface area contributed by atoms with E-state index >= 15 is 0 Å². The third kappa shape index (κ3) is 3.37. The topological polar surface area (TPSA) is 32.3 Å². The molecule has 0 saturated carbocycles. The molecule has 4 nitrogen and oxygen atoms in total. The maximum atomic E-state index is 6.21. The Kier molecular flexibility index (Phi) is 4.99. The quantitative estimate of drug-likeness (QED) is 0.777. The maximum absolute atomic E-state index is 6.21. The van der Waals surface area contributed by atoms with Gasteiger partial charge in [0.15, 0.2) is 0 Å². The van der Waals surface area contributed by atoms with E-state index in [-0.39, 0.29) is 0 Å². The van der Waals surface area contributed by atoms with Crippen molar-refractivity contribution in [3.63, 3.8) is 0 Å². The molecule has 1 aliphatic heterocycles. The molecule has 1 aromatic heterocycles. The second kappa shape index (κ2) is 6.53. The van der Waals surface area contributed by atoms with Gasteiger partial charge in [0.1, 0.15) is 17.3 Å². The molecule has 1 fully saturated rings. The third-order valence-corrected chi connectivity index (χ3v) is 4.21. The van der Waals surface area contributed by atoms with E-state index in [1.54, 1.807) is 6.33 Å². The molecule has 19 heavy (non-hydrogen) atoms. The third-order valence-electron chi connectivity index (χ3n) is 3.89. The minimum atomic E-state index is 0.596. The van der Waals surface area contributed by atoms with Crippen LogP contribution in [0.15, 0.2) is 6.33 Å². The lowest BCUT2D eigenvalue weighted by atomic mass is 10.1. The molecular weight excluding hydrogens is 260 g/mol. The van der Waals surface area contributed by atoms with Gasteiger partial charge in [-0.2, -0.15) is 0 Å². The molecule has 2 heterocycles. The Morgan fingerprint density at radius 3 is 2.89 bits per heavy atom. The second-order valence-electron chi connectivity index (χ2n) is 5.37. The van der Waals surface area contributed by atoms with Gasteiger partial charge in [0, 0.05) is 25.2 Å². The van der Waals surface area contributed by atoms with E-state index in [0.717, 1.165) is 30.8 Å². The van der Waals surface area contributed by atoms with Crippen molar-refractivity contribution in [1.29, 1.82) is 0 Å². The van der Waals surface area contributed by atoms with Gasteiger partial charge >= 0.3 is 0 Å². The SMILES string of the molecule is CCCc1c(Cl)ncnc1N(C)CC1CCCN1C. The van der Waals surface area contributed by atoms with Crippen LogP contribution >= 0.6 is 11.6 Å². The lowest BCUT2D eigenvalue weighted by Crippen LogP contribution is -2.37. The molecular formula is C14H23ClN4. The standard InChI is InChI=1S/C14H23ClN4/c1-4-6-12-13(15)16-10-17-14(12)19(3)9-11-7-5-8-18(11)2/h10-11H,4-9H2,1-3H3. The fraction of sp³-hybridized carbons (Fsp3) is 0.714. The molecule has 2 rings (SSSR count). The Labute approximate surface area is 120 Å². The zero-order valence-electron chi connectivity index (χ0n) is 12.1. The molecule has 0 spiro atoms. The van der Waals surface area contributed by atoms with Crippen LogP contribution in [0.25, 0.3) is 0 Å². The Balaban J connectivity index is 2.13. The average molecular weight is 283 g/mol. The Morgan fingerprint density at radius 1 is 1.47 bits per heavy atom. The summed E-state index contributed by atoms with van der Waals surface area (Å²) < 4.78 is 0. The molecule has 0 N–H and O–H groups in total. The van der Waals surface area contributed by atoms with Crippen LogP contribution in [0.5, 0.6) is 0 Å². The first-order valence-corrected chi connectivity index (χ1v) is 7.42. The van der Waals surface area contributed by atoms with Gasteiger partial charge < -0.3 is 9.80 Å². The van der Waals surface area contributed by atoms with E-state index in [1.165, 1.54) is 19.4 Å². The van der Waals surface area contributed by atoms with Crippen molar-refractivity contribution in [3.8, 4) is 0 Å². The van der Waals surface area contributed by atoms with Crippen molar-refractivity contribution in [3.05, 3.63) is 17.0 Å². The number of hydrogen-bond donors (Lipinski definition) is 0. The van der Waals surface area contributed by atoms with Crippen molar-refractivity contribution in [1.82, 2.24) is 14.9 Å². The van der Waals surface area contributed by atoms with Crippen LogP contribution in [0, 0.1) is 0 Å². The first kappa shape index (κ1) is 14.5. The molecule has 1 unspecified atom stereocenters. The number of likely N-dealkylation sites (tertiary alicyclic amines) is 1. The molecule has 0 amide bonds. The highest BCUT2D eigenvalue weighted by molar-refractivity contribution is 6.30. The zero-order chi connectivity index (χ0) is 13.8. The summed E-state index contributed by atoms with van der Waals surface area (Å²) in [5.41, 5.74) is 1.08. The lowest BCUT2D eigenvalue weighted by molar-refractivity contribution is 0.314. The Bertz CT molecular complexity index is 424. The molecule has 0 bridgehead atoms. The highest BCUT2D eigenvalue weighted by Gasteiger charge is 2.23. The summed E-state index contributed by atoms with van der Waals surface area (Å²) in [6.45, 7) is 4.35. The van der Waals surface area contributed by atoms with E-state index in [4.69, 9.17) is 11.6 Å². The normalized spacial score (nSPS) is 19.9. The highest BCUT2D eigenvalue weighted by Crippen LogP contribution is 2.25. The van der Waals surface area contributed by atoms with Crippen LogP contribution in [0.4, 0.5) is 5.82 Å². The van der Waals surface area contributed by atoms with Gasteiger partial charge in [-0.25, -0.2) is 9.97 Å². The van der Waals surface area contributed by atoms with Gasteiger partial charge in [0.2, 0.25) is 0 Å². The fourth-order valence-electron chi connectivity index (χ4n) is 2.79. The first-order valence-electron chi connectivity index (χ1n) is 7.04. The Hall–Kier alpha value is -0.870. The number of hydrogen-bond acceptors (Lipinski definition) is 4. The number of aromatic nitrogens is 2. The fourth-order valence-corrected chi connectivity index (χ4v) is 3.01. The minimum Gasteiger partial charge on any atom is -0.358 e. The van der Waals surface area contributed by atoms with Gasteiger partial charge in [0.25, 0.3) is 0 Å². The zero-order valence-corrected chi connectivity index (χ0v) is 12.8. The van der Waals surface area contributed by atoms with Gasteiger partial charge in [-0.1, -0.05) is 24.9 Å². The predicted octanol–water partition coefficient (Wildman–Crippen LogP) is 2.61. The monoisotopic (exact) mass is 282 g/mol. The molecule has 5 heteroatoms. The van der Waals surface area contributed by atoms with E-state index in [0.29, 0.717) is 11.2 Å².